The number of halogens is 3. The number of benzene rings is 2. The van der Waals surface area contributed by atoms with Crippen LogP contribution in [-0.4, -0.2) is 0 Å². The maximum absolute atomic E-state index is 13.5. The lowest BCUT2D eigenvalue weighted by atomic mass is 10.1. The summed E-state index contributed by atoms with van der Waals surface area (Å²) in [6, 6.07) is 11.6. The van der Waals surface area contributed by atoms with E-state index in [1.165, 1.54) is 12.1 Å². The molecule has 0 aromatic heterocycles. The van der Waals surface area contributed by atoms with Gasteiger partial charge in [0.15, 0.2) is 0 Å². The molecule has 4 heteroatoms. The van der Waals surface area contributed by atoms with Crippen LogP contribution in [0.25, 0.3) is 0 Å². The first-order valence-electron chi connectivity index (χ1n) is 5.99. The van der Waals surface area contributed by atoms with E-state index in [9.17, 15) is 8.78 Å². The third kappa shape index (κ3) is 3.61. The lowest BCUT2D eigenvalue weighted by molar-refractivity contribution is 0.533. The number of hydrogen-bond acceptors (Lipinski definition) is 1. The van der Waals surface area contributed by atoms with E-state index in [1.54, 1.807) is 0 Å². The molecule has 0 amide bonds. The van der Waals surface area contributed by atoms with Gasteiger partial charge in [-0.15, -0.1) is 0 Å². The van der Waals surface area contributed by atoms with Crippen molar-refractivity contribution >= 4 is 15.9 Å². The minimum absolute atomic E-state index is 0.0695. The maximum Gasteiger partial charge on any atom is 0.130 e. The van der Waals surface area contributed by atoms with Gasteiger partial charge in [-0.1, -0.05) is 40.2 Å². The van der Waals surface area contributed by atoms with Crippen molar-refractivity contribution in [2.45, 2.75) is 19.5 Å². The standard InChI is InChI=1S/C15H14BrF2N/c1-10(13-4-2-3-5-14(13)16)19-9-11-6-7-12(17)8-15(11)18/h2-8,10,19H,9H2,1H3. The average molecular weight is 326 g/mol. The van der Waals surface area contributed by atoms with Crippen LogP contribution in [-0.2, 0) is 6.54 Å². The van der Waals surface area contributed by atoms with Crippen LogP contribution in [0, 0.1) is 11.6 Å². The molecule has 0 saturated carbocycles. The fourth-order valence-corrected chi connectivity index (χ4v) is 2.49. The summed E-state index contributed by atoms with van der Waals surface area (Å²) in [5, 5.41) is 3.22. The van der Waals surface area contributed by atoms with Gasteiger partial charge in [-0.25, -0.2) is 8.78 Å². The van der Waals surface area contributed by atoms with Crippen molar-refractivity contribution in [1.29, 1.82) is 0 Å². The third-order valence-corrected chi connectivity index (χ3v) is 3.71. The van der Waals surface area contributed by atoms with Gasteiger partial charge < -0.3 is 5.32 Å². The summed E-state index contributed by atoms with van der Waals surface area (Å²) >= 11 is 3.48. The molecule has 1 atom stereocenters. The molecule has 19 heavy (non-hydrogen) atoms. The molecule has 1 nitrogen and oxygen atoms in total. The third-order valence-electron chi connectivity index (χ3n) is 2.99. The van der Waals surface area contributed by atoms with Crippen molar-refractivity contribution in [3.63, 3.8) is 0 Å². The van der Waals surface area contributed by atoms with Gasteiger partial charge in [0.05, 0.1) is 0 Å². The molecule has 0 bridgehead atoms. The highest BCUT2D eigenvalue weighted by Gasteiger charge is 2.10. The molecule has 0 heterocycles. The molecule has 0 spiro atoms. The van der Waals surface area contributed by atoms with E-state index in [2.05, 4.69) is 21.2 Å². The highest BCUT2D eigenvalue weighted by molar-refractivity contribution is 9.10. The van der Waals surface area contributed by atoms with E-state index >= 15 is 0 Å². The second-order valence-corrected chi connectivity index (χ2v) is 5.21. The molecule has 0 aliphatic carbocycles. The van der Waals surface area contributed by atoms with Gasteiger partial charge in [-0.05, 0) is 24.6 Å². The summed E-state index contributed by atoms with van der Waals surface area (Å²) in [7, 11) is 0. The Bertz CT molecular complexity index is 572. The maximum atomic E-state index is 13.5. The van der Waals surface area contributed by atoms with Crippen LogP contribution >= 0.6 is 15.9 Å². The Balaban J connectivity index is 2.04. The number of nitrogens with one attached hydrogen (secondary N) is 1. The Morgan fingerprint density at radius 3 is 2.58 bits per heavy atom. The highest BCUT2D eigenvalue weighted by atomic mass is 79.9. The molecular formula is C15H14BrF2N. The average Bonchev–Trinajstić information content (AvgIpc) is 2.38. The van der Waals surface area contributed by atoms with Gasteiger partial charge >= 0.3 is 0 Å². The van der Waals surface area contributed by atoms with E-state index in [4.69, 9.17) is 0 Å². The van der Waals surface area contributed by atoms with Crippen LogP contribution in [0.2, 0.25) is 0 Å². The van der Waals surface area contributed by atoms with E-state index < -0.39 is 11.6 Å². The second kappa shape index (κ2) is 6.26. The smallest absolute Gasteiger partial charge is 0.130 e. The molecular weight excluding hydrogens is 312 g/mol. The van der Waals surface area contributed by atoms with Crippen molar-refractivity contribution in [3.05, 3.63) is 69.7 Å². The van der Waals surface area contributed by atoms with Gasteiger partial charge in [0.1, 0.15) is 11.6 Å². The van der Waals surface area contributed by atoms with Gasteiger partial charge in [0.2, 0.25) is 0 Å². The van der Waals surface area contributed by atoms with Gasteiger partial charge in [-0.3, -0.25) is 0 Å². The minimum atomic E-state index is -0.555. The Hall–Kier alpha value is -1.26. The fraction of sp³-hybridized carbons (Fsp3) is 0.200. The first-order valence-corrected chi connectivity index (χ1v) is 6.79. The van der Waals surface area contributed by atoms with Crippen LogP contribution in [0.3, 0.4) is 0 Å². The molecule has 2 rings (SSSR count). The van der Waals surface area contributed by atoms with E-state index in [0.717, 1.165) is 16.1 Å². The highest BCUT2D eigenvalue weighted by Crippen LogP contribution is 2.23. The van der Waals surface area contributed by atoms with E-state index in [1.807, 2.05) is 31.2 Å². The molecule has 1 N–H and O–H groups in total. The van der Waals surface area contributed by atoms with Crippen LogP contribution in [0.4, 0.5) is 8.78 Å². The molecule has 2 aromatic carbocycles. The topological polar surface area (TPSA) is 12.0 Å². The molecule has 0 aliphatic rings. The van der Waals surface area contributed by atoms with Crippen molar-refractivity contribution in [3.8, 4) is 0 Å². The largest absolute Gasteiger partial charge is 0.306 e. The Morgan fingerprint density at radius 1 is 1.16 bits per heavy atom. The molecule has 0 saturated heterocycles. The summed E-state index contributed by atoms with van der Waals surface area (Å²) in [4.78, 5) is 0. The summed E-state index contributed by atoms with van der Waals surface area (Å²) in [6.45, 7) is 2.36. The van der Waals surface area contributed by atoms with Crippen molar-refractivity contribution in [2.75, 3.05) is 0 Å². The van der Waals surface area contributed by atoms with Gasteiger partial charge in [0, 0.05) is 28.7 Å². The normalized spacial score (nSPS) is 12.4. The van der Waals surface area contributed by atoms with Crippen molar-refractivity contribution < 1.29 is 8.78 Å². The molecule has 0 radical (unpaired) electrons. The lowest BCUT2D eigenvalue weighted by Crippen LogP contribution is -2.19. The first-order chi connectivity index (χ1) is 9.08. The zero-order chi connectivity index (χ0) is 13.8. The van der Waals surface area contributed by atoms with Gasteiger partial charge in [0.25, 0.3) is 0 Å². The summed E-state index contributed by atoms with van der Waals surface area (Å²) < 4.78 is 27.3. The number of hydrogen-bond donors (Lipinski definition) is 1. The SMILES string of the molecule is CC(NCc1ccc(F)cc1F)c1ccccc1Br. The Labute approximate surface area is 119 Å². The molecule has 0 aliphatic heterocycles. The van der Waals surface area contributed by atoms with E-state index in [0.29, 0.717) is 12.1 Å². The Kier molecular flexibility index (Phi) is 4.66. The van der Waals surface area contributed by atoms with Crippen LogP contribution in [0.5, 0.6) is 0 Å². The van der Waals surface area contributed by atoms with Crippen LogP contribution in [0.15, 0.2) is 46.9 Å². The van der Waals surface area contributed by atoms with E-state index in [-0.39, 0.29) is 6.04 Å². The molecule has 0 fully saturated rings. The minimum Gasteiger partial charge on any atom is -0.306 e. The van der Waals surface area contributed by atoms with Crippen LogP contribution < -0.4 is 5.32 Å². The second-order valence-electron chi connectivity index (χ2n) is 4.36. The molecule has 100 valence electrons. The zero-order valence-corrected chi connectivity index (χ0v) is 12.0. The molecule has 1 unspecified atom stereocenters. The predicted octanol–water partition coefficient (Wildman–Crippen LogP) is 4.58. The first kappa shape index (κ1) is 14.2. The van der Waals surface area contributed by atoms with Crippen molar-refractivity contribution in [1.82, 2.24) is 5.32 Å². The monoisotopic (exact) mass is 325 g/mol. The Morgan fingerprint density at radius 2 is 1.89 bits per heavy atom. The molecule has 2 aromatic rings. The number of rotatable bonds is 4. The zero-order valence-electron chi connectivity index (χ0n) is 10.5. The fourth-order valence-electron chi connectivity index (χ4n) is 1.86. The summed E-state index contributed by atoms with van der Waals surface area (Å²) in [6.07, 6.45) is 0. The quantitative estimate of drug-likeness (QED) is 0.867. The summed E-state index contributed by atoms with van der Waals surface area (Å²) in [5.74, 6) is -1.08. The predicted molar refractivity (Wildman–Crippen MR) is 75.8 cm³/mol. The van der Waals surface area contributed by atoms with Crippen molar-refractivity contribution in [2.24, 2.45) is 0 Å². The van der Waals surface area contributed by atoms with Crippen LogP contribution in [0.1, 0.15) is 24.1 Å². The summed E-state index contributed by atoms with van der Waals surface area (Å²) in [5.41, 5.74) is 1.56. The van der Waals surface area contributed by atoms with Gasteiger partial charge in [-0.2, -0.15) is 0 Å². The lowest BCUT2D eigenvalue weighted by Gasteiger charge is -2.16.